The van der Waals surface area contributed by atoms with Gasteiger partial charge in [-0.15, -0.1) is 0 Å². The molecule has 3 aliphatic rings. The van der Waals surface area contributed by atoms with Gasteiger partial charge in [0.15, 0.2) is 0 Å². The van der Waals surface area contributed by atoms with E-state index in [1.165, 1.54) is 0 Å². The molecule has 6 nitrogen and oxygen atoms in total. The molecule has 3 aromatic rings. The molecule has 1 aliphatic carbocycles. The molecular formula is C27H18BrNO5. The van der Waals surface area contributed by atoms with Crippen molar-refractivity contribution in [2.75, 3.05) is 4.90 Å². The van der Waals surface area contributed by atoms with Crippen LogP contribution < -0.4 is 4.90 Å². The maximum Gasteiger partial charge on any atom is 0.241 e. The van der Waals surface area contributed by atoms with Crippen molar-refractivity contribution in [3.63, 3.8) is 0 Å². The van der Waals surface area contributed by atoms with Crippen LogP contribution in [0.1, 0.15) is 37.9 Å². The van der Waals surface area contributed by atoms with Crippen LogP contribution in [0.3, 0.4) is 0 Å². The van der Waals surface area contributed by atoms with Gasteiger partial charge in [-0.25, -0.2) is 4.90 Å². The van der Waals surface area contributed by atoms with Crippen molar-refractivity contribution in [2.24, 2.45) is 11.8 Å². The van der Waals surface area contributed by atoms with Gasteiger partial charge in [0.25, 0.3) is 0 Å². The Bertz CT molecular complexity index is 1360. The van der Waals surface area contributed by atoms with E-state index in [9.17, 15) is 19.2 Å². The van der Waals surface area contributed by atoms with Crippen molar-refractivity contribution in [1.29, 1.82) is 0 Å². The predicted octanol–water partition coefficient (Wildman–Crippen LogP) is 4.45. The lowest BCUT2D eigenvalue weighted by atomic mass is 9.77. The Labute approximate surface area is 203 Å². The van der Waals surface area contributed by atoms with Crippen LogP contribution in [0.4, 0.5) is 5.69 Å². The van der Waals surface area contributed by atoms with E-state index in [2.05, 4.69) is 15.9 Å². The number of hydrogen-bond acceptors (Lipinski definition) is 5. The number of fused-ring (bicyclic) bond motifs is 3. The third-order valence-electron chi connectivity index (χ3n) is 7.01. The molecule has 0 N–H and O–H groups in total. The molecule has 7 heteroatoms. The van der Waals surface area contributed by atoms with E-state index < -0.39 is 46.9 Å². The summed E-state index contributed by atoms with van der Waals surface area (Å²) < 4.78 is 7.07. The first-order valence-corrected chi connectivity index (χ1v) is 11.7. The van der Waals surface area contributed by atoms with Crippen LogP contribution in [0, 0.1) is 18.8 Å². The van der Waals surface area contributed by atoms with Gasteiger partial charge in [-0.3, -0.25) is 19.2 Å². The average Bonchev–Trinajstić information content (AvgIpc) is 3.40. The van der Waals surface area contributed by atoms with E-state index in [0.717, 1.165) is 14.9 Å². The van der Waals surface area contributed by atoms with Crippen molar-refractivity contribution in [1.82, 2.24) is 0 Å². The largest absolute Gasteiger partial charge is 0.349 e. The minimum absolute atomic E-state index is 0.221. The molecule has 2 amide bonds. The predicted molar refractivity (Wildman–Crippen MR) is 126 cm³/mol. The Balaban J connectivity index is 1.54. The molecule has 3 aromatic carbocycles. The van der Waals surface area contributed by atoms with Gasteiger partial charge in [-0.05, 0) is 36.8 Å². The van der Waals surface area contributed by atoms with Gasteiger partial charge in [-0.1, -0.05) is 70.0 Å². The summed E-state index contributed by atoms with van der Waals surface area (Å²) in [6, 6.07) is 20.6. The molecule has 0 saturated carbocycles. The molecular weight excluding hydrogens is 498 g/mol. The Kier molecular flexibility index (Phi) is 4.53. The number of ether oxygens (including phenoxy) is 1. The van der Waals surface area contributed by atoms with Gasteiger partial charge in [0.2, 0.25) is 29.0 Å². The fourth-order valence-corrected chi connectivity index (χ4v) is 5.68. The van der Waals surface area contributed by atoms with Crippen molar-refractivity contribution in [2.45, 2.75) is 18.6 Å². The summed E-state index contributed by atoms with van der Waals surface area (Å²) in [5.41, 5.74) is 0.435. The summed E-state index contributed by atoms with van der Waals surface area (Å²) >= 11 is 3.36. The summed E-state index contributed by atoms with van der Waals surface area (Å²) in [4.78, 5) is 56.1. The number of imide groups is 1. The van der Waals surface area contributed by atoms with Crippen molar-refractivity contribution < 1.29 is 23.9 Å². The second-order valence-corrected chi connectivity index (χ2v) is 9.80. The number of halogens is 1. The molecule has 0 bridgehead atoms. The van der Waals surface area contributed by atoms with E-state index in [1.807, 2.05) is 31.2 Å². The Morgan fingerprint density at radius 1 is 0.794 bits per heavy atom. The quantitative estimate of drug-likeness (QED) is 0.372. The highest BCUT2D eigenvalue weighted by Crippen LogP contribution is 2.57. The average molecular weight is 516 g/mol. The maximum absolute atomic E-state index is 13.8. The van der Waals surface area contributed by atoms with Crippen LogP contribution in [-0.2, 0) is 14.3 Å². The molecule has 0 aromatic heterocycles. The zero-order valence-electron chi connectivity index (χ0n) is 18.0. The summed E-state index contributed by atoms with van der Waals surface area (Å²) in [5.74, 6) is -4.44. The van der Waals surface area contributed by atoms with Gasteiger partial charge in [0, 0.05) is 15.6 Å². The molecule has 168 valence electrons. The maximum atomic E-state index is 13.8. The standard InChI is InChI=1S/C27H18BrNO5/c1-14-6-8-15(9-7-14)22-20-21(26(33)29(25(20)32)17-12-10-16(28)11-13-17)27(34-22)23(30)18-4-2-3-5-19(18)24(27)31/h2-13,20-22H,1H3. The third kappa shape index (κ3) is 2.65. The van der Waals surface area contributed by atoms with Gasteiger partial charge < -0.3 is 4.74 Å². The third-order valence-corrected chi connectivity index (χ3v) is 7.54. The Hall–Kier alpha value is -3.42. The summed E-state index contributed by atoms with van der Waals surface area (Å²) in [5, 5.41) is 0. The number of benzene rings is 3. The highest BCUT2D eigenvalue weighted by Gasteiger charge is 2.74. The van der Waals surface area contributed by atoms with Gasteiger partial charge >= 0.3 is 0 Å². The summed E-state index contributed by atoms with van der Waals surface area (Å²) in [6.07, 6.45) is -0.912. The molecule has 2 heterocycles. The molecule has 3 atom stereocenters. The zero-order valence-corrected chi connectivity index (χ0v) is 19.6. The van der Waals surface area contributed by atoms with E-state index in [4.69, 9.17) is 4.74 Å². The number of ketones is 2. The van der Waals surface area contributed by atoms with Crippen molar-refractivity contribution >= 4 is 45.0 Å². The number of hydrogen-bond donors (Lipinski definition) is 0. The molecule has 1 spiro atoms. The molecule has 34 heavy (non-hydrogen) atoms. The fraction of sp³-hybridized carbons (Fsp3) is 0.185. The highest BCUT2D eigenvalue weighted by atomic mass is 79.9. The number of anilines is 1. The van der Waals surface area contributed by atoms with Crippen LogP contribution in [0.5, 0.6) is 0 Å². The van der Waals surface area contributed by atoms with Crippen LogP contribution in [-0.4, -0.2) is 29.0 Å². The first-order chi connectivity index (χ1) is 16.3. The Morgan fingerprint density at radius 2 is 1.38 bits per heavy atom. The molecule has 6 rings (SSSR count). The number of nitrogens with zero attached hydrogens (tertiary/aromatic N) is 1. The number of aryl methyl sites for hydroxylation is 1. The minimum atomic E-state index is -2.05. The lowest BCUT2D eigenvalue weighted by molar-refractivity contribution is -0.127. The SMILES string of the molecule is Cc1ccc(C2OC3(C(=O)c4ccccc4C3=O)C3C(=O)N(c4ccc(Br)cc4)C(=O)C23)cc1. The van der Waals surface area contributed by atoms with Crippen LogP contribution in [0.15, 0.2) is 77.3 Å². The fourth-order valence-electron chi connectivity index (χ4n) is 5.42. The second kappa shape index (κ2) is 7.29. The second-order valence-electron chi connectivity index (χ2n) is 8.88. The number of rotatable bonds is 2. The van der Waals surface area contributed by atoms with Gasteiger partial charge in [-0.2, -0.15) is 0 Å². The number of amides is 2. The Morgan fingerprint density at radius 3 is 1.97 bits per heavy atom. The smallest absolute Gasteiger partial charge is 0.241 e. The van der Waals surface area contributed by atoms with Crippen molar-refractivity contribution in [3.05, 3.63) is 99.5 Å². The molecule has 2 saturated heterocycles. The van der Waals surface area contributed by atoms with E-state index in [-0.39, 0.29) is 11.1 Å². The number of Topliss-reactive ketones (excluding diaryl/α,β-unsaturated/α-hetero) is 2. The van der Waals surface area contributed by atoms with Gasteiger partial charge in [0.1, 0.15) is 0 Å². The monoisotopic (exact) mass is 515 g/mol. The van der Waals surface area contributed by atoms with Crippen LogP contribution in [0.2, 0.25) is 0 Å². The molecule has 3 unspecified atom stereocenters. The number of carbonyl (C=O) groups is 4. The van der Waals surface area contributed by atoms with E-state index in [1.54, 1.807) is 48.5 Å². The van der Waals surface area contributed by atoms with Gasteiger partial charge in [0.05, 0.1) is 23.6 Å². The normalized spacial score (nSPS) is 24.8. The summed E-state index contributed by atoms with van der Waals surface area (Å²) in [6.45, 7) is 1.93. The summed E-state index contributed by atoms with van der Waals surface area (Å²) in [7, 11) is 0. The topological polar surface area (TPSA) is 80.8 Å². The lowest BCUT2D eigenvalue weighted by Gasteiger charge is -2.27. The molecule has 2 fully saturated rings. The van der Waals surface area contributed by atoms with E-state index >= 15 is 0 Å². The molecule has 0 radical (unpaired) electrons. The number of carbonyl (C=O) groups excluding carboxylic acids is 4. The van der Waals surface area contributed by atoms with E-state index in [0.29, 0.717) is 11.3 Å². The first kappa shape index (κ1) is 21.1. The molecule has 2 aliphatic heterocycles. The van der Waals surface area contributed by atoms with Crippen LogP contribution in [0.25, 0.3) is 0 Å². The first-order valence-electron chi connectivity index (χ1n) is 10.9. The highest BCUT2D eigenvalue weighted by molar-refractivity contribution is 9.10. The minimum Gasteiger partial charge on any atom is -0.349 e. The lowest BCUT2D eigenvalue weighted by Crippen LogP contribution is -2.51. The van der Waals surface area contributed by atoms with Crippen molar-refractivity contribution in [3.8, 4) is 0 Å². The van der Waals surface area contributed by atoms with Crippen LogP contribution >= 0.6 is 15.9 Å². The zero-order chi connectivity index (χ0) is 23.8.